The van der Waals surface area contributed by atoms with Crippen LogP contribution in [-0.4, -0.2) is 18.6 Å². The number of nitrogens with zero attached hydrogens (tertiary/aromatic N) is 1. The third kappa shape index (κ3) is 3.98. The van der Waals surface area contributed by atoms with Gasteiger partial charge in [-0.15, -0.1) is 0 Å². The summed E-state index contributed by atoms with van der Waals surface area (Å²) in [5.41, 5.74) is 1.66. The summed E-state index contributed by atoms with van der Waals surface area (Å²) < 4.78 is 31.7. The monoisotopic (exact) mass is 292 g/mol. The van der Waals surface area contributed by atoms with E-state index in [0.717, 1.165) is 17.2 Å². The van der Waals surface area contributed by atoms with Crippen LogP contribution < -0.4 is 10.1 Å². The minimum atomic E-state index is -0.834. The summed E-state index contributed by atoms with van der Waals surface area (Å²) >= 11 is 0. The van der Waals surface area contributed by atoms with Crippen molar-refractivity contribution in [1.29, 1.82) is 0 Å². The maximum atomic E-state index is 13.3. The molecule has 2 rings (SSSR count). The SMILES string of the molecule is CCOc1cncc(C(Cc2ccc(F)c(F)c2)NC)c1. The van der Waals surface area contributed by atoms with Crippen molar-refractivity contribution in [2.45, 2.75) is 19.4 Å². The molecule has 1 aromatic heterocycles. The van der Waals surface area contributed by atoms with Crippen LogP contribution in [0.15, 0.2) is 36.7 Å². The molecule has 0 radical (unpaired) electrons. The Hall–Kier alpha value is -2.01. The third-order valence-corrected chi connectivity index (χ3v) is 3.22. The predicted octanol–water partition coefficient (Wildman–Crippen LogP) is 3.26. The van der Waals surface area contributed by atoms with Crippen molar-refractivity contribution >= 4 is 0 Å². The molecule has 1 N–H and O–H groups in total. The minimum absolute atomic E-state index is 0.0530. The molecule has 5 heteroatoms. The summed E-state index contributed by atoms with van der Waals surface area (Å²) in [6, 6.07) is 5.80. The maximum absolute atomic E-state index is 13.3. The van der Waals surface area contributed by atoms with E-state index in [4.69, 9.17) is 4.74 Å². The summed E-state index contributed by atoms with van der Waals surface area (Å²) in [6.45, 7) is 2.47. The van der Waals surface area contributed by atoms with E-state index in [1.165, 1.54) is 6.07 Å². The van der Waals surface area contributed by atoms with Crippen LogP contribution in [0.5, 0.6) is 5.75 Å². The highest BCUT2D eigenvalue weighted by Gasteiger charge is 2.13. The molecule has 0 amide bonds. The zero-order valence-corrected chi connectivity index (χ0v) is 12.1. The molecule has 0 spiro atoms. The van der Waals surface area contributed by atoms with Gasteiger partial charge >= 0.3 is 0 Å². The molecule has 1 aromatic carbocycles. The number of benzene rings is 1. The maximum Gasteiger partial charge on any atom is 0.159 e. The van der Waals surface area contributed by atoms with Crippen molar-refractivity contribution in [3.05, 3.63) is 59.4 Å². The van der Waals surface area contributed by atoms with E-state index in [9.17, 15) is 8.78 Å². The Morgan fingerprint density at radius 2 is 2.00 bits per heavy atom. The third-order valence-electron chi connectivity index (χ3n) is 3.22. The Morgan fingerprint density at radius 1 is 1.19 bits per heavy atom. The van der Waals surface area contributed by atoms with Crippen LogP contribution in [-0.2, 0) is 6.42 Å². The summed E-state index contributed by atoms with van der Waals surface area (Å²) in [4.78, 5) is 4.15. The highest BCUT2D eigenvalue weighted by Crippen LogP contribution is 2.22. The fourth-order valence-electron chi connectivity index (χ4n) is 2.16. The van der Waals surface area contributed by atoms with Crippen molar-refractivity contribution in [2.24, 2.45) is 0 Å². The first-order chi connectivity index (χ1) is 10.1. The van der Waals surface area contributed by atoms with Gasteiger partial charge in [-0.1, -0.05) is 6.07 Å². The molecule has 0 bridgehead atoms. The predicted molar refractivity (Wildman–Crippen MR) is 77.3 cm³/mol. The average Bonchev–Trinajstić information content (AvgIpc) is 2.49. The van der Waals surface area contributed by atoms with Gasteiger partial charge in [0.25, 0.3) is 0 Å². The van der Waals surface area contributed by atoms with E-state index >= 15 is 0 Å². The average molecular weight is 292 g/mol. The molecule has 0 aliphatic heterocycles. The first-order valence-electron chi connectivity index (χ1n) is 6.83. The molecule has 0 saturated heterocycles. The van der Waals surface area contributed by atoms with Gasteiger partial charge in [0, 0.05) is 12.2 Å². The van der Waals surface area contributed by atoms with Crippen LogP contribution in [0.2, 0.25) is 0 Å². The molecular formula is C16H18F2N2O. The number of nitrogens with one attached hydrogen (secondary N) is 1. The molecule has 1 heterocycles. The Bertz CT molecular complexity index is 605. The Morgan fingerprint density at radius 3 is 2.67 bits per heavy atom. The number of pyridine rings is 1. The van der Waals surface area contributed by atoms with Crippen molar-refractivity contribution < 1.29 is 13.5 Å². The van der Waals surface area contributed by atoms with E-state index < -0.39 is 11.6 Å². The van der Waals surface area contributed by atoms with Crippen molar-refractivity contribution in [2.75, 3.05) is 13.7 Å². The van der Waals surface area contributed by atoms with Gasteiger partial charge in [0.15, 0.2) is 11.6 Å². The second-order valence-electron chi connectivity index (χ2n) is 4.68. The van der Waals surface area contributed by atoms with E-state index in [1.54, 1.807) is 18.5 Å². The summed E-state index contributed by atoms with van der Waals surface area (Å²) in [7, 11) is 1.82. The number of likely N-dealkylation sites (N-methyl/N-ethyl adjacent to an activating group) is 1. The molecular weight excluding hydrogens is 274 g/mol. The van der Waals surface area contributed by atoms with E-state index in [0.29, 0.717) is 18.8 Å². The second-order valence-corrected chi connectivity index (χ2v) is 4.68. The molecule has 1 atom stereocenters. The molecule has 0 aliphatic rings. The molecule has 3 nitrogen and oxygen atoms in total. The number of hydrogen-bond acceptors (Lipinski definition) is 3. The van der Waals surface area contributed by atoms with Gasteiger partial charge in [-0.05, 0) is 49.7 Å². The van der Waals surface area contributed by atoms with Gasteiger partial charge in [0.05, 0.1) is 12.8 Å². The first kappa shape index (κ1) is 15.4. The lowest BCUT2D eigenvalue weighted by atomic mass is 10.00. The van der Waals surface area contributed by atoms with Crippen LogP contribution >= 0.6 is 0 Å². The Balaban J connectivity index is 2.19. The lowest BCUT2D eigenvalue weighted by molar-refractivity contribution is 0.338. The molecule has 0 fully saturated rings. The van der Waals surface area contributed by atoms with Crippen LogP contribution in [0, 0.1) is 11.6 Å². The molecule has 112 valence electrons. The van der Waals surface area contributed by atoms with Gasteiger partial charge in [-0.2, -0.15) is 0 Å². The molecule has 2 aromatic rings. The van der Waals surface area contributed by atoms with E-state index in [2.05, 4.69) is 10.3 Å². The van der Waals surface area contributed by atoms with E-state index in [-0.39, 0.29) is 6.04 Å². The lowest BCUT2D eigenvalue weighted by Crippen LogP contribution is -2.19. The van der Waals surface area contributed by atoms with Gasteiger partial charge in [0.2, 0.25) is 0 Å². The molecule has 21 heavy (non-hydrogen) atoms. The number of hydrogen-bond donors (Lipinski definition) is 1. The normalized spacial score (nSPS) is 12.2. The quantitative estimate of drug-likeness (QED) is 0.887. The van der Waals surface area contributed by atoms with Crippen LogP contribution in [0.4, 0.5) is 8.78 Å². The minimum Gasteiger partial charge on any atom is -0.492 e. The molecule has 0 aliphatic carbocycles. The summed E-state index contributed by atoms with van der Waals surface area (Å²) in [5.74, 6) is -0.969. The Labute approximate surface area is 123 Å². The van der Waals surface area contributed by atoms with E-state index in [1.807, 2.05) is 20.0 Å². The van der Waals surface area contributed by atoms with Crippen LogP contribution in [0.3, 0.4) is 0 Å². The van der Waals surface area contributed by atoms with Gasteiger partial charge in [0.1, 0.15) is 5.75 Å². The molecule has 1 unspecified atom stereocenters. The largest absolute Gasteiger partial charge is 0.492 e. The van der Waals surface area contributed by atoms with Crippen LogP contribution in [0.1, 0.15) is 24.1 Å². The second kappa shape index (κ2) is 7.13. The number of rotatable bonds is 6. The highest BCUT2D eigenvalue weighted by molar-refractivity contribution is 5.28. The van der Waals surface area contributed by atoms with Gasteiger partial charge in [-0.25, -0.2) is 8.78 Å². The highest BCUT2D eigenvalue weighted by atomic mass is 19.2. The summed E-state index contributed by atoms with van der Waals surface area (Å²) in [6.07, 6.45) is 3.92. The van der Waals surface area contributed by atoms with Crippen LogP contribution in [0.25, 0.3) is 0 Å². The lowest BCUT2D eigenvalue weighted by Gasteiger charge is -2.17. The van der Waals surface area contributed by atoms with Crippen molar-refractivity contribution in [1.82, 2.24) is 10.3 Å². The number of halogens is 2. The van der Waals surface area contributed by atoms with Gasteiger partial charge in [-0.3, -0.25) is 4.98 Å². The zero-order chi connectivity index (χ0) is 15.2. The first-order valence-corrected chi connectivity index (χ1v) is 6.83. The molecule has 0 saturated carbocycles. The smallest absolute Gasteiger partial charge is 0.159 e. The fraction of sp³-hybridized carbons (Fsp3) is 0.312. The number of ether oxygens (including phenoxy) is 1. The van der Waals surface area contributed by atoms with Crippen molar-refractivity contribution in [3.63, 3.8) is 0 Å². The van der Waals surface area contributed by atoms with Gasteiger partial charge < -0.3 is 10.1 Å². The standard InChI is InChI=1S/C16H18F2N2O/c1-3-21-13-8-12(9-20-10-13)16(19-2)7-11-4-5-14(17)15(18)6-11/h4-6,8-10,16,19H,3,7H2,1-2H3. The van der Waals surface area contributed by atoms with Crippen molar-refractivity contribution in [3.8, 4) is 5.75 Å². The zero-order valence-electron chi connectivity index (χ0n) is 12.1. The number of aromatic nitrogens is 1. The Kier molecular flexibility index (Phi) is 5.22. The summed E-state index contributed by atoms with van der Waals surface area (Å²) in [5, 5.41) is 3.16. The topological polar surface area (TPSA) is 34.1 Å². The fourth-order valence-corrected chi connectivity index (χ4v) is 2.16.